The highest BCUT2D eigenvalue weighted by Gasteiger charge is 2.21. The highest BCUT2D eigenvalue weighted by atomic mass is 16.2. The second kappa shape index (κ2) is 10.7. The van der Waals surface area contributed by atoms with Crippen LogP contribution in [0.1, 0.15) is 44.5 Å². The normalized spacial score (nSPS) is 15.0. The zero-order chi connectivity index (χ0) is 22.3. The average molecular weight is 434 g/mol. The largest absolute Gasteiger partial charge is 0.340 e. The summed E-state index contributed by atoms with van der Waals surface area (Å²) in [5.74, 6) is 1.96. The van der Waals surface area contributed by atoms with E-state index in [2.05, 4.69) is 58.6 Å². The van der Waals surface area contributed by atoms with Gasteiger partial charge in [-0.2, -0.15) is 0 Å². The van der Waals surface area contributed by atoms with Gasteiger partial charge in [-0.15, -0.1) is 0 Å². The van der Waals surface area contributed by atoms with Gasteiger partial charge >= 0.3 is 0 Å². The zero-order valence-electron chi connectivity index (χ0n) is 19.4. The minimum atomic E-state index is 0.271. The average Bonchev–Trinajstić information content (AvgIpc) is 3.16. The molecule has 0 unspecified atom stereocenters. The lowest BCUT2D eigenvalue weighted by atomic mass is 10.1. The topological polar surface area (TPSA) is 54.3 Å². The van der Waals surface area contributed by atoms with Crippen LogP contribution in [-0.2, 0) is 24.3 Å². The molecule has 6 nitrogen and oxygen atoms in total. The second-order valence-electron chi connectivity index (χ2n) is 9.20. The van der Waals surface area contributed by atoms with Gasteiger partial charge in [0.25, 0.3) is 0 Å². The number of piperazine rings is 1. The van der Waals surface area contributed by atoms with Crippen molar-refractivity contribution in [3.63, 3.8) is 0 Å². The smallest absolute Gasteiger partial charge is 0.222 e. The van der Waals surface area contributed by atoms with Crippen LogP contribution in [0.2, 0.25) is 0 Å². The molecule has 0 radical (unpaired) electrons. The number of carbonyl (C=O) groups excluding carboxylic acids is 1. The predicted octanol–water partition coefficient (Wildman–Crippen LogP) is 4.14. The Morgan fingerprint density at radius 1 is 1.03 bits per heavy atom. The Kier molecular flexibility index (Phi) is 7.53. The molecule has 3 aromatic rings. The maximum Gasteiger partial charge on any atom is 0.222 e. The predicted molar refractivity (Wildman–Crippen MR) is 128 cm³/mol. The molecule has 0 spiro atoms. The number of benzene rings is 1. The van der Waals surface area contributed by atoms with Gasteiger partial charge in [-0.25, -0.2) is 9.97 Å². The number of aryl methyl sites for hydroxylation is 2. The lowest BCUT2D eigenvalue weighted by molar-refractivity contribution is -0.133. The molecule has 1 saturated heterocycles. The molecular weight excluding hydrogens is 398 g/mol. The van der Waals surface area contributed by atoms with Crippen molar-refractivity contribution in [1.82, 2.24) is 24.3 Å². The third-order valence-electron chi connectivity index (χ3n) is 6.28. The van der Waals surface area contributed by atoms with Crippen molar-refractivity contribution >= 4 is 17.1 Å². The van der Waals surface area contributed by atoms with Crippen LogP contribution in [0.4, 0.5) is 0 Å². The van der Waals surface area contributed by atoms with Gasteiger partial charge in [0.15, 0.2) is 5.65 Å². The molecule has 0 N–H and O–H groups in total. The van der Waals surface area contributed by atoms with E-state index in [0.29, 0.717) is 12.3 Å². The van der Waals surface area contributed by atoms with E-state index in [1.54, 1.807) is 0 Å². The first-order valence-corrected chi connectivity index (χ1v) is 11.9. The minimum Gasteiger partial charge on any atom is -0.340 e. The molecule has 32 heavy (non-hydrogen) atoms. The number of hydrogen-bond acceptors (Lipinski definition) is 4. The van der Waals surface area contributed by atoms with Gasteiger partial charge in [-0.05, 0) is 36.5 Å². The van der Waals surface area contributed by atoms with Crippen LogP contribution in [0.25, 0.3) is 11.2 Å². The van der Waals surface area contributed by atoms with E-state index >= 15 is 0 Å². The van der Waals surface area contributed by atoms with Crippen LogP contribution in [0.5, 0.6) is 0 Å². The molecule has 0 saturated carbocycles. The Hall–Kier alpha value is -2.73. The first-order valence-electron chi connectivity index (χ1n) is 11.9. The van der Waals surface area contributed by atoms with E-state index in [9.17, 15) is 4.79 Å². The Bertz CT molecular complexity index is 1010. The van der Waals surface area contributed by atoms with Crippen LogP contribution in [0.15, 0.2) is 48.7 Å². The summed E-state index contributed by atoms with van der Waals surface area (Å²) in [4.78, 5) is 26.6. The summed E-state index contributed by atoms with van der Waals surface area (Å²) in [5.41, 5.74) is 3.25. The third-order valence-corrected chi connectivity index (χ3v) is 6.28. The summed E-state index contributed by atoms with van der Waals surface area (Å²) >= 11 is 0. The highest BCUT2D eigenvalue weighted by molar-refractivity contribution is 5.76. The van der Waals surface area contributed by atoms with Crippen molar-refractivity contribution in [1.29, 1.82) is 0 Å². The fraction of sp³-hybridized carbons (Fsp3) is 0.500. The Balaban J connectivity index is 1.27. The molecular formula is C26H35N5O. The number of pyridine rings is 1. The van der Waals surface area contributed by atoms with Crippen LogP contribution in [0, 0.1) is 5.92 Å². The van der Waals surface area contributed by atoms with Crippen molar-refractivity contribution in [3.8, 4) is 0 Å². The molecule has 1 aromatic carbocycles. The lowest BCUT2D eigenvalue weighted by Crippen LogP contribution is -2.48. The molecule has 3 heterocycles. The Labute approximate surface area is 191 Å². The summed E-state index contributed by atoms with van der Waals surface area (Å²) in [6, 6.07) is 14.5. The number of imidazole rings is 1. The molecule has 170 valence electrons. The number of hydrogen-bond donors (Lipinski definition) is 0. The van der Waals surface area contributed by atoms with E-state index < -0.39 is 0 Å². The van der Waals surface area contributed by atoms with E-state index in [4.69, 9.17) is 4.98 Å². The fourth-order valence-corrected chi connectivity index (χ4v) is 4.37. The summed E-state index contributed by atoms with van der Waals surface area (Å²) in [5, 5.41) is 0. The van der Waals surface area contributed by atoms with Crippen LogP contribution >= 0.6 is 0 Å². The number of fused-ring (bicyclic) bond motifs is 1. The molecule has 0 atom stereocenters. The number of carbonyl (C=O) groups is 1. The highest BCUT2D eigenvalue weighted by Crippen LogP contribution is 2.18. The first-order chi connectivity index (χ1) is 15.6. The fourth-order valence-electron chi connectivity index (χ4n) is 4.37. The molecule has 4 rings (SSSR count). The molecule has 6 heteroatoms. The van der Waals surface area contributed by atoms with Gasteiger partial charge < -0.3 is 9.47 Å². The Morgan fingerprint density at radius 3 is 2.56 bits per heavy atom. The summed E-state index contributed by atoms with van der Waals surface area (Å²) in [6.07, 6.45) is 5.16. The first kappa shape index (κ1) is 22.5. The molecule has 1 aliphatic heterocycles. The van der Waals surface area contributed by atoms with Crippen molar-refractivity contribution in [2.24, 2.45) is 5.92 Å². The van der Waals surface area contributed by atoms with E-state index in [-0.39, 0.29) is 5.91 Å². The molecule has 1 aliphatic rings. The summed E-state index contributed by atoms with van der Waals surface area (Å²) in [6.45, 7) is 9.90. The van der Waals surface area contributed by atoms with Crippen LogP contribution < -0.4 is 0 Å². The summed E-state index contributed by atoms with van der Waals surface area (Å²) in [7, 11) is 0. The molecule has 0 aliphatic carbocycles. The number of rotatable bonds is 9. The minimum absolute atomic E-state index is 0.271. The monoisotopic (exact) mass is 433 g/mol. The van der Waals surface area contributed by atoms with Crippen molar-refractivity contribution in [2.45, 2.75) is 52.6 Å². The lowest BCUT2D eigenvalue weighted by Gasteiger charge is -2.34. The van der Waals surface area contributed by atoms with Gasteiger partial charge in [0.1, 0.15) is 11.3 Å². The van der Waals surface area contributed by atoms with Crippen LogP contribution in [0.3, 0.4) is 0 Å². The molecule has 1 fully saturated rings. The van der Waals surface area contributed by atoms with E-state index in [1.807, 2.05) is 23.2 Å². The standard InChI is InChI=1S/C26H35N5O/c1-21(2)13-15-31-24(28-23-10-7-14-27-26(23)31)11-6-12-25(32)30-18-16-29(17-19-30)20-22-8-4-3-5-9-22/h3-5,7-10,14,21H,6,11-13,15-20H2,1-2H3. The molecule has 0 bridgehead atoms. The van der Waals surface area contributed by atoms with Crippen molar-refractivity contribution < 1.29 is 4.79 Å². The zero-order valence-corrected chi connectivity index (χ0v) is 19.4. The van der Waals surface area contributed by atoms with Crippen LogP contribution in [-0.4, -0.2) is 56.4 Å². The van der Waals surface area contributed by atoms with Gasteiger partial charge in [-0.3, -0.25) is 9.69 Å². The van der Waals surface area contributed by atoms with E-state index in [0.717, 1.165) is 75.5 Å². The van der Waals surface area contributed by atoms with E-state index in [1.165, 1.54) is 5.56 Å². The SMILES string of the molecule is CC(C)CCn1c(CCCC(=O)N2CCN(Cc3ccccc3)CC2)nc2cccnc21. The summed E-state index contributed by atoms with van der Waals surface area (Å²) < 4.78 is 2.25. The number of aromatic nitrogens is 3. The van der Waals surface area contributed by atoms with Crippen molar-refractivity contribution in [2.75, 3.05) is 26.2 Å². The van der Waals surface area contributed by atoms with Gasteiger partial charge in [-0.1, -0.05) is 44.2 Å². The van der Waals surface area contributed by atoms with Gasteiger partial charge in [0.2, 0.25) is 5.91 Å². The van der Waals surface area contributed by atoms with Gasteiger partial charge in [0, 0.05) is 58.3 Å². The molecule has 2 aromatic heterocycles. The maximum absolute atomic E-state index is 12.8. The third kappa shape index (κ3) is 5.74. The second-order valence-corrected chi connectivity index (χ2v) is 9.20. The number of amides is 1. The maximum atomic E-state index is 12.8. The molecule has 1 amide bonds. The van der Waals surface area contributed by atoms with Crippen molar-refractivity contribution in [3.05, 3.63) is 60.0 Å². The Morgan fingerprint density at radius 2 is 1.81 bits per heavy atom. The number of nitrogens with zero attached hydrogens (tertiary/aromatic N) is 5. The van der Waals surface area contributed by atoms with Gasteiger partial charge in [0.05, 0.1) is 0 Å². The quantitative estimate of drug-likeness (QED) is 0.509.